The average Bonchev–Trinajstić information content (AvgIpc) is 2.85. The Hall–Kier alpha value is -1.58. The van der Waals surface area contributed by atoms with Gasteiger partial charge in [0.15, 0.2) is 0 Å². The number of rotatable bonds is 4. The van der Waals surface area contributed by atoms with Crippen molar-refractivity contribution in [3.63, 3.8) is 0 Å². The van der Waals surface area contributed by atoms with E-state index in [0.29, 0.717) is 6.04 Å². The molecule has 0 spiro atoms. The molecule has 4 heteroatoms. The summed E-state index contributed by atoms with van der Waals surface area (Å²) in [4.78, 5) is 16.6. The summed E-state index contributed by atoms with van der Waals surface area (Å²) in [5.74, 6) is 3.40. The number of carbonyl (C=O) groups is 1. The Morgan fingerprint density at radius 1 is 1.35 bits per heavy atom. The smallest absolute Gasteiger partial charge is 0.253 e. The van der Waals surface area contributed by atoms with Gasteiger partial charge in [-0.1, -0.05) is 0 Å². The summed E-state index contributed by atoms with van der Waals surface area (Å²) in [6.07, 6.45) is 7.61. The highest BCUT2D eigenvalue weighted by molar-refractivity contribution is 5.99. The van der Waals surface area contributed by atoms with Crippen molar-refractivity contribution in [2.45, 2.75) is 32.2 Å². The van der Waals surface area contributed by atoms with E-state index in [9.17, 15) is 4.79 Å². The summed E-state index contributed by atoms with van der Waals surface area (Å²) in [6.45, 7) is 2.82. The van der Waals surface area contributed by atoms with Crippen molar-refractivity contribution in [3.8, 4) is 0 Å². The minimum absolute atomic E-state index is 0.0575. The summed E-state index contributed by atoms with van der Waals surface area (Å²) in [7, 11) is 0. The van der Waals surface area contributed by atoms with Crippen LogP contribution in [0.25, 0.3) is 0 Å². The van der Waals surface area contributed by atoms with Crippen molar-refractivity contribution in [1.82, 2.24) is 10.3 Å². The number of nitrogens with one attached hydrogen (secondary N) is 2. The molecular weight excluding hydrogens is 250 g/mol. The van der Waals surface area contributed by atoms with Gasteiger partial charge in [0.2, 0.25) is 0 Å². The van der Waals surface area contributed by atoms with E-state index in [1.54, 1.807) is 18.5 Å². The topological polar surface area (TPSA) is 54.0 Å². The van der Waals surface area contributed by atoms with Crippen LogP contribution in [-0.2, 0) is 0 Å². The Morgan fingerprint density at radius 2 is 2.10 bits per heavy atom. The van der Waals surface area contributed by atoms with Crippen LogP contribution in [0.5, 0.6) is 0 Å². The molecule has 0 aromatic carbocycles. The molecular formula is C16H21N3O. The summed E-state index contributed by atoms with van der Waals surface area (Å²) < 4.78 is 0. The minimum atomic E-state index is 0.0575. The van der Waals surface area contributed by atoms with Crippen molar-refractivity contribution in [3.05, 3.63) is 24.0 Å². The molecule has 3 fully saturated rings. The lowest BCUT2D eigenvalue weighted by Crippen LogP contribution is -2.30. The molecule has 1 amide bonds. The normalized spacial score (nSPS) is 36.5. The molecule has 0 saturated heterocycles. The summed E-state index contributed by atoms with van der Waals surface area (Å²) in [6, 6.07) is 2.25. The van der Waals surface area contributed by atoms with E-state index < -0.39 is 0 Å². The van der Waals surface area contributed by atoms with Crippen LogP contribution in [0.4, 0.5) is 5.69 Å². The quantitative estimate of drug-likeness (QED) is 0.883. The van der Waals surface area contributed by atoms with E-state index >= 15 is 0 Å². The number of carbonyl (C=O) groups excluding carboxylic acids is 1. The van der Waals surface area contributed by atoms with Gasteiger partial charge in [0, 0.05) is 18.8 Å². The molecule has 0 radical (unpaired) electrons. The van der Waals surface area contributed by atoms with E-state index in [4.69, 9.17) is 0 Å². The number of nitrogens with zero attached hydrogens (tertiary/aromatic N) is 1. The van der Waals surface area contributed by atoms with Crippen molar-refractivity contribution in [1.29, 1.82) is 0 Å². The van der Waals surface area contributed by atoms with Gasteiger partial charge in [-0.3, -0.25) is 9.78 Å². The largest absolute Gasteiger partial charge is 0.383 e. The van der Waals surface area contributed by atoms with Gasteiger partial charge in [0.1, 0.15) is 0 Å². The third-order valence-electron chi connectivity index (χ3n) is 5.47. The van der Waals surface area contributed by atoms with Crippen molar-refractivity contribution in [2.24, 2.45) is 23.7 Å². The number of amides is 1. The van der Waals surface area contributed by atoms with E-state index in [1.165, 1.54) is 19.3 Å². The first kappa shape index (κ1) is 12.2. The standard InChI is InChI=1S/C16H21N3O/c1-2-18-12-8-17-6-5-11(12)16(20)19-15-13-9-3-4-10(7-9)14(13)15/h5-6,8-10,13-15,18H,2-4,7H2,1H3,(H,19,20). The molecule has 4 atom stereocenters. The highest BCUT2D eigenvalue weighted by Gasteiger charge is 2.65. The van der Waals surface area contributed by atoms with Gasteiger partial charge in [-0.15, -0.1) is 0 Å². The van der Waals surface area contributed by atoms with Crippen LogP contribution in [0, 0.1) is 23.7 Å². The zero-order chi connectivity index (χ0) is 13.7. The summed E-state index contributed by atoms with van der Waals surface area (Å²) in [5, 5.41) is 6.47. The van der Waals surface area contributed by atoms with Crippen LogP contribution < -0.4 is 10.6 Å². The number of hydrogen-bond donors (Lipinski definition) is 2. The first-order valence-electron chi connectivity index (χ1n) is 7.78. The van der Waals surface area contributed by atoms with Crippen molar-refractivity contribution in [2.75, 3.05) is 11.9 Å². The molecule has 4 nitrogen and oxygen atoms in total. The van der Waals surface area contributed by atoms with Gasteiger partial charge in [0.05, 0.1) is 17.4 Å². The molecule has 3 aliphatic rings. The first-order chi connectivity index (χ1) is 9.79. The lowest BCUT2D eigenvalue weighted by molar-refractivity contribution is 0.0945. The Labute approximate surface area is 119 Å². The van der Waals surface area contributed by atoms with Gasteiger partial charge in [-0.2, -0.15) is 0 Å². The van der Waals surface area contributed by atoms with Crippen LogP contribution in [0.1, 0.15) is 36.5 Å². The Kier molecular flexibility index (Phi) is 2.72. The Balaban J connectivity index is 1.47. The molecule has 4 unspecified atom stereocenters. The van der Waals surface area contributed by atoms with Gasteiger partial charge in [-0.05, 0) is 55.9 Å². The van der Waals surface area contributed by atoms with E-state index in [2.05, 4.69) is 15.6 Å². The van der Waals surface area contributed by atoms with Crippen LogP contribution in [0.3, 0.4) is 0 Å². The zero-order valence-electron chi connectivity index (χ0n) is 11.8. The first-order valence-corrected chi connectivity index (χ1v) is 7.78. The van der Waals surface area contributed by atoms with E-state index in [-0.39, 0.29) is 5.91 Å². The maximum absolute atomic E-state index is 12.5. The predicted octanol–water partition coefficient (Wildman–Crippen LogP) is 2.29. The Morgan fingerprint density at radius 3 is 2.80 bits per heavy atom. The Bertz CT molecular complexity index is 528. The maximum Gasteiger partial charge on any atom is 0.253 e. The summed E-state index contributed by atoms with van der Waals surface area (Å²) in [5.41, 5.74) is 1.56. The van der Waals surface area contributed by atoms with Gasteiger partial charge < -0.3 is 10.6 Å². The van der Waals surface area contributed by atoms with Gasteiger partial charge in [0.25, 0.3) is 5.91 Å². The third-order valence-corrected chi connectivity index (χ3v) is 5.47. The number of anilines is 1. The van der Waals surface area contributed by atoms with Crippen LogP contribution in [0.2, 0.25) is 0 Å². The van der Waals surface area contributed by atoms with Crippen molar-refractivity contribution < 1.29 is 4.79 Å². The number of aromatic nitrogens is 1. The van der Waals surface area contributed by atoms with Gasteiger partial charge in [-0.25, -0.2) is 0 Å². The molecule has 3 aliphatic carbocycles. The number of hydrogen-bond acceptors (Lipinski definition) is 3. The lowest BCUT2D eigenvalue weighted by Gasteiger charge is -2.13. The molecule has 2 bridgehead atoms. The van der Waals surface area contributed by atoms with Crippen LogP contribution in [0.15, 0.2) is 18.5 Å². The lowest BCUT2D eigenvalue weighted by atomic mass is 10.0. The summed E-state index contributed by atoms with van der Waals surface area (Å²) >= 11 is 0. The monoisotopic (exact) mass is 271 g/mol. The molecule has 3 saturated carbocycles. The molecule has 20 heavy (non-hydrogen) atoms. The maximum atomic E-state index is 12.5. The number of fused-ring (bicyclic) bond motifs is 5. The molecule has 2 N–H and O–H groups in total. The molecule has 0 aliphatic heterocycles. The van der Waals surface area contributed by atoms with Crippen LogP contribution >= 0.6 is 0 Å². The third kappa shape index (κ3) is 1.74. The van der Waals surface area contributed by atoms with Gasteiger partial charge >= 0.3 is 0 Å². The number of pyridine rings is 1. The molecule has 1 heterocycles. The highest BCUT2D eigenvalue weighted by atomic mass is 16.1. The van der Waals surface area contributed by atoms with E-state index in [1.807, 2.05) is 6.92 Å². The van der Waals surface area contributed by atoms with Crippen molar-refractivity contribution >= 4 is 11.6 Å². The fourth-order valence-corrected chi connectivity index (χ4v) is 4.67. The predicted molar refractivity (Wildman–Crippen MR) is 77.5 cm³/mol. The van der Waals surface area contributed by atoms with Crippen LogP contribution in [-0.4, -0.2) is 23.5 Å². The molecule has 4 rings (SSSR count). The zero-order valence-corrected chi connectivity index (χ0v) is 11.8. The fraction of sp³-hybridized carbons (Fsp3) is 0.625. The minimum Gasteiger partial charge on any atom is -0.383 e. The molecule has 1 aromatic rings. The van der Waals surface area contributed by atoms with E-state index in [0.717, 1.165) is 41.5 Å². The fourth-order valence-electron chi connectivity index (χ4n) is 4.67. The molecule has 106 valence electrons. The SMILES string of the molecule is CCNc1cnccc1C(=O)NC1C2C3CCC(C3)C12. The molecule has 1 aromatic heterocycles. The second-order valence-corrected chi connectivity index (χ2v) is 6.44. The second-order valence-electron chi connectivity index (χ2n) is 6.44. The second kappa shape index (κ2) is 4.47. The highest BCUT2D eigenvalue weighted by Crippen LogP contribution is 2.65. The average molecular weight is 271 g/mol.